The zero-order valence-electron chi connectivity index (χ0n) is 8.45. The lowest BCUT2D eigenvalue weighted by atomic mass is 10.2. The molecular formula is C9H20N2O2. The number of hydrogen-bond donors (Lipinski definition) is 2. The Morgan fingerprint density at radius 2 is 1.92 bits per heavy atom. The molecule has 0 aromatic heterocycles. The Balaban J connectivity index is 3.99. The van der Waals surface area contributed by atoms with Crippen LogP contribution in [0.3, 0.4) is 0 Å². The molecule has 0 aromatic rings. The summed E-state index contributed by atoms with van der Waals surface area (Å²) in [5.41, 5.74) is 10.5. The van der Waals surface area contributed by atoms with Crippen molar-refractivity contribution in [2.45, 2.75) is 45.3 Å². The topological polar surface area (TPSA) is 78.3 Å². The van der Waals surface area contributed by atoms with Gasteiger partial charge in [-0.3, -0.25) is 4.79 Å². The van der Waals surface area contributed by atoms with Crippen LogP contribution < -0.4 is 11.5 Å². The Bertz CT molecular complexity index is 147. The van der Waals surface area contributed by atoms with Crippen molar-refractivity contribution in [2.24, 2.45) is 11.5 Å². The van der Waals surface area contributed by atoms with Crippen molar-refractivity contribution in [1.82, 2.24) is 0 Å². The molecule has 0 heterocycles. The second-order valence-electron chi connectivity index (χ2n) is 3.04. The highest BCUT2D eigenvalue weighted by atomic mass is 16.5. The van der Waals surface area contributed by atoms with Crippen LogP contribution in [-0.2, 0) is 9.53 Å². The SMILES string of the molecule is CCC(CC)OC(CCN)C(N)=O. The summed E-state index contributed by atoms with van der Waals surface area (Å²) in [5, 5.41) is 0. The van der Waals surface area contributed by atoms with Crippen LogP contribution in [-0.4, -0.2) is 24.7 Å². The number of hydrogen-bond acceptors (Lipinski definition) is 3. The van der Waals surface area contributed by atoms with Crippen LogP contribution >= 0.6 is 0 Å². The summed E-state index contributed by atoms with van der Waals surface area (Å²) >= 11 is 0. The molecule has 4 nitrogen and oxygen atoms in total. The van der Waals surface area contributed by atoms with Crippen LogP contribution in [0.1, 0.15) is 33.1 Å². The summed E-state index contributed by atoms with van der Waals surface area (Å²) < 4.78 is 5.50. The van der Waals surface area contributed by atoms with Crippen molar-refractivity contribution in [3.8, 4) is 0 Å². The van der Waals surface area contributed by atoms with Crippen molar-refractivity contribution in [3.63, 3.8) is 0 Å². The molecule has 0 spiro atoms. The van der Waals surface area contributed by atoms with E-state index in [4.69, 9.17) is 16.2 Å². The highest BCUT2D eigenvalue weighted by Crippen LogP contribution is 2.08. The highest BCUT2D eigenvalue weighted by molar-refractivity contribution is 5.78. The van der Waals surface area contributed by atoms with E-state index in [1.807, 2.05) is 13.8 Å². The molecular weight excluding hydrogens is 168 g/mol. The second kappa shape index (κ2) is 6.86. The number of nitrogens with two attached hydrogens (primary N) is 2. The normalized spacial score (nSPS) is 13.2. The zero-order valence-corrected chi connectivity index (χ0v) is 8.45. The number of primary amides is 1. The van der Waals surface area contributed by atoms with Crippen LogP contribution in [0.4, 0.5) is 0 Å². The molecule has 4 heteroatoms. The minimum Gasteiger partial charge on any atom is -0.367 e. The number of amides is 1. The molecule has 0 aliphatic rings. The third kappa shape index (κ3) is 4.85. The van der Waals surface area contributed by atoms with E-state index in [-0.39, 0.29) is 6.10 Å². The molecule has 0 rings (SSSR count). The van der Waals surface area contributed by atoms with Gasteiger partial charge in [-0.25, -0.2) is 0 Å². The molecule has 1 amide bonds. The van der Waals surface area contributed by atoms with Crippen molar-refractivity contribution in [1.29, 1.82) is 0 Å². The molecule has 0 saturated carbocycles. The van der Waals surface area contributed by atoms with Gasteiger partial charge in [0.25, 0.3) is 0 Å². The number of carbonyl (C=O) groups is 1. The van der Waals surface area contributed by atoms with Gasteiger partial charge in [0, 0.05) is 0 Å². The number of rotatable bonds is 7. The molecule has 0 bridgehead atoms. The standard InChI is InChI=1S/C9H20N2O2/c1-3-7(4-2)13-8(5-6-10)9(11)12/h7-8H,3-6,10H2,1-2H3,(H2,11,12). The van der Waals surface area contributed by atoms with Gasteiger partial charge in [-0.2, -0.15) is 0 Å². The van der Waals surface area contributed by atoms with Gasteiger partial charge in [0.2, 0.25) is 5.91 Å². The van der Waals surface area contributed by atoms with Crippen molar-refractivity contribution in [2.75, 3.05) is 6.54 Å². The van der Waals surface area contributed by atoms with E-state index in [1.165, 1.54) is 0 Å². The first-order chi connectivity index (χ1) is 6.15. The van der Waals surface area contributed by atoms with E-state index < -0.39 is 12.0 Å². The minimum atomic E-state index is -0.519. The third-order valence-corrected chi connectivity index (χ3v) is 2.01. The molecule has 0 aliphatic heterocycles. The molecule has 0 aromatic carbocycles. The fraction of sp³-hybridized carbons (Fsp3) is 0.889. The lowest BCUT2D eigenvalue weighted by molar-refractivity contribution is -0.134. The summed E-state index contributed by atoms with van der Waals surface area (Å²) in [7, 11) is 0. The van der Waals surface area contributed by atoms with E-state index in [0.29, 0.717) is 13.0 Å². The van der Waals surface area contributed by atoms with E-state index in [1.54, 1.807) is 0 Å². The van der Waals surface area contributed by atoms with Gasteiger partial charge in [-0.1, -0.05) is 13.8 Å². The number of carbonyl (C=O) groups excluding carboxylic acids is 1. The Labute approximate surface area is 79.6 Å². The first-order valence-electron chi connectivity index (χ1n) is 4.80. The molecule has 13 heavy (non-hydrogen) atoms. The molecule has 0 fully saturated rings. The van der Waals surface area contributed by atoms with Crippen LogP contribution in [0, 0.1) is 0 Å². The average Bonchev–Trinajstić information content (AvgIpc) is 2.11. The monoisotopic (exact) mass is 188 g/mol. The first-order valence-corrected chi connectivity index (χ1v) is 4.80. The summed E-state index contributed by atoms with van der Waals surface area (Å²) in [5.74, 6) is -0.419. The maximum absolute atomic E-state index is 10.9. The van der Waals surface area contributed by atoms with Gasteiger partial charge >= 0.3 is 0 Å². The predicted octanol–water partition coefficient (Wildman–Crippen LogP) is 0.394. The summed E-state index contributed by atoms with van der Waals surface area (Å²) in [6, 6.07) is 0. The maximum Gasteiger partial charge on any atom is 0.246 e. The largest absolute Gasteiger partial charge is 0.367 e. The van der Waals surface area contributed by atoms with Crippen LogP contribution in [0.25, 0.3) is 0 Å². The lowest BCUT2D eigenvalue weighted by Crippen LogP contribution is -2.36. The predicted molar refractivity (Wildman–Crippen MR) is 52.1 cm³/mol. The molecule has 0 radical (unpaired) electrons. The number of ether oxygens (including phenoxy) is 1. The first kappa shape index (κ1) is 12.4. The van der Waals surface area contributed by atoms with Crippen LogP contribution in [0.15, 0.2) is 0 Å². The fourth-order valence-electron chi connectivity index (χ4n) is 1.14. The summed E-state index contributed by atoms with van der Waals surface area (Å²) in [6.07, 6.45) is 1.89. The van der Waals surface area contributed by atoms with E-state index >= 15 is 0 Å². The lowest BCUT2D eigenvalue weighted by Gasteiger charge is -2.20. The summed E-state index contributed by atoms with van der Waals surface area (Å²) in [4.78, 5) is 10.9. The van der Waals surface area contributed by atoms with Crippen molar-refractivity contribution in [3.05, 3.63) is 0 Å². The Morgan fingerprint density at radius 1 is 1.38 bits per heavy atom. The highest BCUT2D eigenvalue weighted by Gasteiger charge is 2.18. The van der Waals surface area contributed by atoms with Crippen molar-refractivity contribution >= 4 is 5.91 Å². The van der Waals surface area contributed by atoms with Gasteiger partial charge in [0.15, 0.2) is 0 Å². The van der Waals surface area contributed by atoms with Crippen molar-refractivity contribution < 1.29 is 9.53 Å². The summed E-state index contributed by atoms with van der Waals surface area (Å²) in [6.45, 7) is 4.47. The fourth-order valence-corrected chi connectivity index (χ4v) is 1.14. The Hall–Kier alpha value is -0.610. The van der Waals surface area contributed by atoms with Crippen LogP contribution in [0.2, 0.25) is 0 Å². The molecule has 4 N–H and O–H groups in total. The van der Waals surface area contributed by atoms with Gasteiger partial charge < -0.3 is 16.2 Å². The third-order valence-electron chi connectivity index (χ3n) is 2.01. The van der Waals surface area contributed by atoms with Crippen LogP contribution in [0.5, 0.6) is 0 Å². The maximum atomic E-state index is 10.9. The Kier molecular flexibility index (Phi) is 6.54. The molecule has 0 aliphatic carbocycles. The average molecular weight is 188 g/mol. The van der Waals surface area contributed by atoms with Gasteiger partial charge in [-0.05, 0) is 25.8 Å². The smallest absolute Gasteiger partial charge is 0.246 e. The minimum absolute atomic E-state index is 0.115. The molecule has 0 saturated heterocycles. The van der Waals surface area contributed by atoms with Gasteiger partial charge in [-0.15, -0.1) is 0 Å². The zero-order chi connectivity index (χ0) is 10.3. The molecule has 1 unspecified atom stereocenters. The quantitative estimate of drug-likeness (QED) is 0.606. The van der Waals surface area contributed by atoms with Gasteiger partial charge in [0.05, 0.1) is 6.10 Å². The molecule has 1 atom stereocenters. The Morgan fingerprint density at radius 3 is 2.23 bits per heavy atom. The van der Waals surface area contributed by atoms with Gasteiger partial charge in [0.1, 0.15) is 6.10 Å². The second-order valence-corrected chi connectivity index (χ2v) is 3.04. The van der Waals surface area contributed by atoms with E-state index in [0.717, 1.165) is 12.8 Å². The van der Waals surface area contributed by atoms with E-state index in [2.05, 4.69) is 0 Å². The molecule has 78 valence electrons. The van der Waals surface area contributed by atoms with E-state index in [9.17, 15) is 4.79 Å².